The van der Waals surface area contributed by atoms with Crippen molar-refractivity contribution in [3.05, 3.63) is 24.5 Å². The van der Waals surface area contributed by atoms with E-state index in [-0.39, 0.29) is 0 Å². The van der Waals surface area contributed by atoms with Crippen LogP contribution in [-0.2, 0) is 0 Å². The average molecular weight is 126 g/mol. The van der Waals surface area contributed by atoms with Crippen LogP contribution in [0.1, 0.15) is 26.2 Å². The van der Waals surface area contributed by atoms with E-state index in [1.165, 1.54) is 12.8 Å². The molecule has 0 heterocycles. The summed E-state index contributed by atoms with van der Waals surface area (Å²) in [6, 6.07) is 0. The van der Waals surface area contributed by atoms with Crippen molar-refractivity contribution in [1.82, 2.24) is 0 Å². The molecule has 0 amide bonds. The quantitative estimate of drug-likeness (QED) is 0.349. The van der Waals surface area contributed by atoms with Gasteiger partial charge in [-0.2, -0.15) is 0 Å². The Bertz CT molecular complexity index is 92.7. The molecule has 0 aliphatic carbocycles. The third-order valence-electron chi connectivity index (χ3n) is 1.06. The average Bonchev–Trinajstić information content (AvgIpc) is 1.89. The minimum absolute atomic E-state index is 1.04. The van der Waals surface area contributed by atoms with Gasteiger partial charge in [-0.1, -0.05) is 31.9 Å². The van der Waals surface area contributed by atoms with Crippen molar-refractivity contribution in [2.45, 2.75) is 26.2 Å². The van der Waals surface area contributed by atoms with Crippen LogP contribution in [0.5, 0.6) is 0 Å². The van der Waals surface area contributed by atoms with Crippen LogP contribution >= 0.6 is 0 Å². The Labute approximate surface area is 56.7 Å². The standard InChI is InChI=1S/C8H14O/c1-2-3-4-5-6-7-8-9/h5-9H,2-4H2,1H3/b6-5-,8-7+. The van der Waals surface area contributed by atoms with Gasteiger partial charge in [-0.15, -0.1) is 0 Å². The smallest absolute Gasteiger partial charge is 0.0791 e. The van der Waals surface area contributed by atoms with Crippen LogP contribution in [-0.4, -0.2) is 5.11 Å². The Hall–Kier alpha value is -0.720. The largest absolute Gasteiger partial charge is 0.516 e. The topological polar surface area (TPSA) is 20.2 Å². The van der Waals surface area contributed by atoms with Crippen LogP contribution in [0.2, 0.25) is 0 Å². The summed E-state index contributed by atoms with van der Waals surface area (Å²) in [5.41, 5.74) is 0. The lowest BCUT2D eigenvalue weighted by Crippen LogP contribution is -1.64. The molecule has 0 aromatic carbocycles. The Balaban J connectivity index is 3.04. The van der Waals surface area contributed by atoms with E-state index in [2.05, 4.69) is 13.0 Å². The Morgan fingerprint density at radius 3 is 2.67 bits per heavy atom. The van der Waals surface area contributed by atoms with Crippen molar-refractivity contribution in [3.8, 4) is 0 Å². The summed E-state index contributed by atoms with van der Waals surface area (Å²) < 4.78 is 0. The van der Waals surface area contributed by atoms with Gasteiger partial charge >= 0.3 is 0 Å². The molecule has 0 spiro atoms. The highest BCUT2D eigenvalue weighted by molar-refractivity contribution is 4.98. The highest BCUT2D eigenvalue weighted by Gasteiger charge is 1.74. The van der Waals surface area contributed by atoms with Gasteiger partial charge in [0.2, 0.25) is 0 Å². The summed E-state index contributed by atoms with van der Waals surface area (Å²) in [6.45, 7) is 2.16. The molecule has 1 nitrogen and oxygen atoms in total. The second-order valence-electron chi connectivity index (χ2n) is 1.91. The van der Waals surface area contributed by atoms with Crippen molar-refractivity contribution in [2.75, 3.05) is 0 Å². The van der Waals surface area contributed by atoms with Gasteiger partial charge in [-0.3, -0.25) is 0 Å². The fraction of sp³-hybridized carbons (Fsp3) is 0.500. The molecule has 0 unspecified atom stereocenters. The third-order valence-corrected chi connectivity index (χ3v) is 1.06. The van der Waals surface area contributed by atoms with Gasteiger partial charge in [0.25, 0.3) is 0 Å². The maximum Gasteiger partial charge on any atom is 0.0791 e. The van der Waals surface area contributed by atoms with Crippen LogP contribution < -0.4 is 0 Å². The number of aliphatic hydroxyl groups is 1. The van der Waals surface area contributed by atoms with Crippen molar-refractivity contribution < 1.29 is 5.11 Å². The Morgan fingerprint density at radius 1 is 1.33 bits per heavy atom. The summed E-state index contributed by atoms with van der Waals surface area (Å²) in [6.07, 6.45) is 10.1. The molecule has 0 saturated heterocycles. The van der Waals surface area contributed by atoms with E-state index >= 15 is 0 Å². The Kier molecular flexibility index (Phi) is 6.70. The fourth-order valence-corrected chi connectivity index (χ4v) is 0.546. The van der Waals surface area contributed by atoms with Gasteiger partial charge in [0.1, 0.15) is 0 Å². The summed E-state index contributed by atoms with van der Waals surface area (Å²) in [7, 11) is 0. The molecule has 1 heteroatoms. The van der Waals surface area contributed by atoms with Gasteiger partial charge in [0.05, 0.1) is 6.26 Å². The zero-order valence-electron chi connectivity index (χ0n) is 5.88. The van der Waals surface area contributed by atoms with Crippen LogP contribution in [0.4, 0.5) is 0 Å². The number of rotatable bonds is 4. The third kappa shape index (κ3) is 7.28. The molecule has 0 fully saturated rings. The van der Waals surface area contributed by atoms with E-state index < -0.39 is 0 Å². The normalized spacial score (nSPS) is 11.7. The molecule has 0 radical (unpaired) electrons. The molecule has 1 N–H and O–H groups in total. The van der Waals surface area contributed by atoms with E-state index in [4.69, 9.17) is 5.11 Å². The number of unbranched alkanes of at least 4 members (excludes halogenated alkanes) is 2. The predicted octanol–water partition coefficient (Wildman–Crippen LogP) is 2.80. The fourth-order valence-electron chi connectivity index (χ4n) is 0.546. The molecule has 0 aliphatic rings. The van der Waals surface area contributed by atoms with Gasteiger partial charge in [0.15, 0.2) is 0 Å². The lowest BCUT2D eigenvalue weighted by molar-refractivity contribution is 0.473. The summed E-state index contributed by atoms with van der Waals surface area (Å²) in [5.74, 6) is 0. The van der Waals surface area contributed by atoms with Crippen molar-refractivity contribution >= 4 is 0 Å². The lowest BCUT2D eigenvalue weighted by atomic mass is 10.2. The first kappa shape index (κ1) is 8.28. The molecule has 0 rings (SSSR count). The summed E-state index contributed by atoms with van der Waals surface area (Å²) >= 11 is 0. The molecule has 0 aromatic rings. The van der Waals surface area contributed by atoms with Gasteiger partial charge in [-0.25, -0.2) is 0 Å². The summed E-state index contributed by atoms with van der Waals surface area (Å²) in [4.78, 5) is 0. The van der Waals surface area contributed by atoms with Gasteiger partial charge in [0, 0.05) is 0 Å². The molecule has 9 heavy (non-hydrogen) atoms. The lowest BCUT2D eigenvalue weighted by Gasteiger charge is -1.84. The SMILES string of the molecule is CCCC/C=C\C=C\O. The van der Waals surface area contributed by atoms with E-state index in [9.17, 15) is 0 Å². The number of aliphatic hydroxyl groups excluding tert-OH is 1. The van der Waals surface area contributed by atoms with Crippen LogP contribution in [0.3, 0.4) is 0 Å². The zero-order chi connectivity index (χ0) is 6.95. The molecule has 0 aliphatic heterocycles. The van der Waals surface area contributed by atoms with E-state index in [0.717, 1.165) is 12.7 Å². The van der Waals surface area contributed by atoms with Crippen molar-refractivity contribution in [3.63, 3.8) is 0 Å². The molecule has 0 saturated carbocycles. The minimum Gasteiger partial charge on any atom is -0.516 e. The van der Waals surface area contributed by atoms with E-state index in [1.54, 1.807) is 6.08 Å². The van der Waals surface area contributed by atoms with Gasteiger partial charge in [-0.05, 0) is 12.5 Å². The van der Waals surface area contributed by atoms with Crippen molar-refractivity contribution in [1.29, 1.82) is 0 Å². The van der Waals surface area contributed by atoms with E-state index in [0.29, 0.717) is 0 Å². The molecular formula is C8H14O. The maximum absolute atomic E-state index is 8.19. The highest BCUT2D eigenvalue weighted by atomic mass is 16.2. The highest BCUT2D eigenvalue weighted by Crippen LogP contribution is 1.94. The number of hydrogen-bond acceptors (Lipinski definition) is 1. The number of allylic oxidation sites excluding steroid dienone is 3. The molecule has 0 atom stereocenters. The Morgan fingerprint density at radius 2 is 2.11 bits per heavy atom. The molecule has 0 aromatic heterocycles. The van der Waals surface area contributed by atoms with Crippen LogP contribution in [0, 0.1) is 0 Å². The first-order valence-electron chi connectivity index (χ1n) is 3.37. The monoisotopic (exact) mass is 126 g/mol. The van der Waals surface area contributed by atoms with Crippen LogP contribution in [0.15, 0.2) is 24.5 Å². The van der Waals surface area contributed by atoms with Crippen molar-refractivity contribution in [2.24, 2.45) is 0 Å². The first-order chi connectivity index (χ1) is 4.41. The minimum atomic E-state index is 1.04. The molecule has 0 bridgehead atoms. The zero-order valence-corrected chi connectivity index (χ0v) is 5.88. The first-order valence-corrected chi connectivity index (χ1v) is 3.37. The second kappa shape index (κ2) is 7.28. The van der Waals surface area contributed by atoms with Crippen LogP contribution in [0.25, 0.3) is 0 Å². The summed E-state index contributed by atoms with van der Waals surface area (Å²) in [5, 5.41) is 8.19. The molecule has 52 valence electrons. The number of hydrogen-bond donors (Lipinski definition) is 1. The van der Waals surface area contributed by atoms with E-state index in [1.807, 2.05) is 6.08 Å². The second-order valence-corrected chi connectivity index (χ2v) is 1.91. The predicted molar refractivity (Wildman–Crippen MR) is 40.4 cm³/mol. The maximum atomic E-state index is 8.19. The molecular weight excluding hydrogens is 112 g/mol. The van der Waals surface area contributed by atoms with Gasteiger partial charge < -0.3 is 5.11 Å².